The van der Waals surface area contributed by atoms with Gasteiger partial charge in [-0.05, 0) is 24.6 Å². The second kappa shape index (κ2) is 7.28. The molecule has 0 radical (unpaired) electrons. The van der Waals surface area contributed by atoms with Gasteiger partial charge in [-0.15, -0.1) is 0 Å². The average Bonchev–Trinajstić information content (AvgIpc) is 2.27. The zero-order chi connectivity index (χ0) is 11.8. The number of halogens is 1. The van der Waals surface area contributed by atoms with E-state index in [9.17, 15) is 4.79 Å². The van der Waals surface area contributed by atoms with Crippen LogP contribution in [-0.2, 0) is 16.0 Å². The zero-order valence-electron chi connectivity index (χ0n) is 9.24. The molecule has 1 aromatic carbocycles. The summed E-state index contributed by atoms with van der Waals surface area (Å²) >= 11 is 3.29. The summed E-state index contributed by atoms with van der Waals surface area (Å²) in [6, 6.07) is 7.49. The van der Waals surface area contributed by atoms with Gasteiger partial charge >= 0.3 is 5.97 Å². The Morgan fingerprint density at radius 2 is 2.25 bits per heavy atom. The third-order valence-corrected chi connectivity index (χ3v) is 2.22. The number of esters is 1. The number of alkyl halides is 1. The zero-order valence-corrected chi connectivity index (χ0v) is 10.8. The smallest absolute Gasteiger partial charge is 0.310 e. The standard InChI is InChI=1S/C12H15BrO3/c1-2-15-12(14)9-10-4-3-5-11(8-10)16-7-6-13/h3-5,8H,2,6-7,9H2,1H3. The van der Waals surface area contributed by atoms with E-state index in [4.69, 9.17) is 9.47 Å². The normalized spacial score (nSPS) is 9.88. The van der Waals surface area contributed by atoms with E-state index in [1.807, 2.05) is 24.3 Å². The minimum Gasteiger partial charge on any atom is -0.493 e. The second-order valence-corrected chi connectivity index (χ2v) is 3.96. The molecule has 88 valence electrons. The maximum atomic E-state index is 11.3. The molecule has 0 aliphatic rings. The Morgan fingerprint density at radius 3 is 2.94 bits per heavy atom. The van der Waals surface area contributed by atoms with Crippen LogP contribution in [0.2, 0.25) is 0 Å². The summed E-state index contributed by atoms with van der Waals surface area (Å²) in [6.45, 7) is 2.83. The number of hydrogen-bond donors (Lipinski definition) is 0. The fourth-order valence-corrected chi connectivity index (χ4v) is 1.44. The van der Waals surface area contributed by atoms with E-state index in [1.165, 1.54) is 0 Å². The van der Waals surface area contributed by atoms with Crippen LogP contribution < -0.4 is 4.74 Å². The molecule has 1 aromatic rings. The van der Waals surface area contributed by atoms with Crippen molar-refractivity contribution < 1.29 is 14.3 Å². The van der Waals surface area contributed by atoms with Crippen molar-refractivity contribution in [2.24, 2.45) is 0 Å². The lowest BCUT2D eigenvalue weighted by Gasteiger charge is -2.06. The first-order chi connectivity index (χ1) is 7.76. The molecule has 0 saturated heterocycles. The molecule has 0 saturated carbocycles. The van der Waals surface area contributed by atoms with Crippen molar-refractivity contribution in [3.8, 4) is 5.75 Å². The molecule has 0 fully saturated rings. The number of rotatable bonds is 6. The summed E-state index contributed by atoms with van der Waals surface area (Å²) in [5.74, 6) is 0.571. The van der Waals surface area contributed by atoms with Gasteiger partial charge in [-0.3, -0.25) is 4.79 Å². The van der Waals surface area contributed by atoms with Crippen LogP contribution in [0.4, 0.5) is 0 Å². The third kappa shape index (κ3) is 4.66. The van der Waals surface area contributed by atoms with E-state index in [0.717, 1.165) is 16.6 Å². The highest BCUT2D eigenvalue weighted by molar-refractivity contribution is 9.09. The molecule has 0 N–H and O–H groups in total. The molecule has 0 aliphatic heterocycles. The quantitative estimate of drug-likeness (QED) is 0.596. The third-order valence-electron chi connectivity index (χ3n) is 1.90. The lowest BCUT2D eigenvalue weighted by Crippen LogP contribution is -2.07. The maximum Gasteiger partial charge on any atom is 0.310 e. The molecule has 0 amide bonds. The van der Waals surface area contributed by atoms with Crippen LogP contribution in [-0.4, -0.2) is 24.5 Å². The predicted molar refractivity (Wildman–Crippen MR) is 66.1 cm³/mol. The van der Waals surface area contributed by atoms with Gasteiger partial charge in [0, 0.05) is 5.33 Å². The van der Waals surface area contributed by atoms with Crippen molar-refractivity contribution in [3.05, 3.63) is 29.8 Å². The number of ether oxygens (including phenoxy) is 2. The molecule has 16 heavy (non-hydrogen) atoms. The van der Waals surface area contributed by atoms with E-state index in [-0.39, 0.29) is 5.97 Å². The van der Waals surface area contributed by atoms with Gasteiger partial charge in [-0.2, -0.15) is 0 Å². The van der Waals surface area contributed by atoms with Crippen molar-refractivity contribution in [1.82, 2.24) is 0 Å². The van der Waals surface area contributed by atoms with Crippen molar-refractivity contribution in [1.29, 1.82) is 0 Å². The van der Waals surface area contributed by atoms with Crippen molar-refractivity contribution in [3.63, 3.8) is 0 Å². The predicted octanol–water partition coefficient (Wildman–Crippen LogP) is 2.57. The SMILES string of the molecule is CCOC(=O)Cc1cccc(OCCBr)c1. The summed E-state index contributed by atoms with van der Waals surface area (Å²) in [7, 11) is 0. The van der Waals surface area contributed by atoms with Gasteiger partial charge in [0.05, 0.1) is 19.6 Å². The largest absolute Gasteiger partial charge is 0.493 e. The van der Waals surface area contributed by atoms with E-state index in [1.54, 1.807) is 6.92 Å². The summed E-state index contributed by atoms with van der Waals surface area (Å²) in [5, 5.41) is 0.787. The number of benzene rings is 1. The minimum absolute atomic E-state index is 0.208. The van der Waals surface area contributed by atoms with Crippen LogP contribution in [0, 0.1) is 0 Å². The van der Waals surface area contributed by atoms with Gasteiger partial charge in [0.25, 0.3) is 0 Å². The van der Waals surface area contributed by atoms with Crippen LogP contribution in [0.5, 0.6) is 5.75 Å². The van der Waals surface area contributed by atoms with Gasteiger partial charge < -0.3 is 9.47 Å². The molecular weight excluding hydrogens is 272 g/mol. The van der Waals surface area contributed by atoms with Gasteiger partial charge in [0.1, 0.15) is 5.75 Å². The molecule has 4 heteroatoms. The number of carbonyl (C=O) groups is 1. The number of carbonyl (C=O) groups excluding carboxylic acids is 1. The first kappa shape index (κ1) is 13.0. The van der Waals surface area contributed by atoms with Crippen LogP contribution in [0.25, 0.3) is 0 Å². The lowest BCUT2D eigenvalue weighted by atomic mass is 10.1. The highest BCUT2D eigenvalue weighted by Gasteiger charge is 2.04. The van der Waals surface area contributed by atoms with Gasteiger partial charge in [-0.1, -0.05) is 28.1 Å². The minimum atomic E-state index is -0.208. The van der Waals surface area contributed by atoms with Crippen molar-refractivity contribution in [2.45, 2.75) is 13.3 Å². The molecule has 0 heterocycles. The first-order valence-electron chi connectivity index (χ1n) is 5.19. The Balaban J connectivity index is 2.56. The van der Waals surface area contributed by atoms with Crippen LogP contribution in [0.1, 0.15) is 12.5 Å². The summed E-state index contributed by atoms with van der Waals surface area (Å²) < 4.78 is 10.3. The van der Waals surface area contributed by atoms with E-state index in [0.29, 0.717) is 19.6 Å². The fraction of sp³-hybridized carbons (Fsp3) is 0.417. The van der Waals surface area contributed by atoms with Gasteiger partial charge in [0.2, 0.25) is 0 Å². The molecule has 0 bridgehead atoms. The molecule has 0 atom stereocenters. The van der Waals surface area contributed by atoms with E-state index >= 15 is 0 Å². The Labute approximate surface area is 104 Å². The highest BCUT2D eigenvalue weighted by atomic mass is 79.9. The van der Waals surface area contributed by atoms with E-state index in [2.05, 4.69) is 15.9 Å². The monoisotopic (exact) mass is 286 g/mol. The maximum absolute atomic E-state index is 11.3. The van der Waals surface area contributed by atoms with Crippen molar-refractivity contribution >= 4 is 21.9 Å². The molecule has 0 aromatic heterocycles. The summed E-state index contributed by atoms with van der Waals surface area (Å²) in [5.41, 5.74) is 0.908. The summed E-state index contributed by atoms with van der Waals surface area (Å²) in [4.78, 5) is 11.3. The van der Waals surface area contributed by atoms with Gasteiger partial charge in [0.15, 0.2) is 0 Å². The summed E-state index contributed by atoms with van der Waals surface area (Å²) in [6.07, 6.45) is 0.291. The van der Waals surface area contributed by atoms with Crippen LogP contribution >= 0.6 is 15.9 Å². The highest BCUT2D eigenvalue weighted by Crippen LogP contribution is 2.14. The molecule has 0 unspecified atom stereocenters. The lowest BCUT2D eigenvalue weighted by molar-refractivity contribution is -0.142. The molecular formula is C12H15BrO3. The molecule has 1 rings (SSSR count). The molecule has 0 aliphatic carbocycles. The topological polar surface area (TPSA) is 35.5 Å². The van der Waals surface area contributed by atoms with Gasteiger partial charge in [-0.25, -0.2) is 0 Å². The van der Waals surface area contributed by atoms with E-state index < -0.39 is 0 Å². The molecule has 0 spiro atoms. The Bertz CT molecular complexity index is 339. The molecule has 3 nitrogen and oxygen atoms in total. The average molecular weight is 287 g/mol. The number of hydrogen-bond acceptors (Lipinski definition) is 3. The van der Waals surface area contributed by atoms with Crippen LogP contribution in [0.3, 0.4) is 0 Å². The van der Waals surface area contributed by atoms with Crippen molar-refractivity contribution in [2.75, 3.05) is 18.5 Å². The Hall–Kier alpha value is -1.03. The second-order valence-electron chi connectivity index (χ2n) is 3.17. The van der Waals surface area contributed by atoms with Crippen LogP contribution in [0.15, 0.2) is 24.3 Å². The Kier molecular flexibility index (Phi) is 5.93. The fourth-order valence-electron chi connectivity index (χ4n) is 1.28. The Morgan fingerprint density at radius 1 is 1.44 bits per heavy atom. The first-order valence-corrected chi connectivity index (χ1v) is 6.31.